The van der Waals surface area contributed by atoms with Crippen molar-refractivity contribution in [1.82, 2.24) is 0 Å². The molecule has 1 unspecified atom stereocenters. The molecule has 0 spiro atoms. The van der Waals surface area contributed by atoms with Crippen LogP contribution in [0.4, 0.5) is 0 Å². The van der Waals surface area contributed by atoms with E-state index in [1.165, 1.54) is 0 Å². The molecule has 0 aliphatic carbocycles. The number of hydrogen-bond acceptors (Lipinski definition) is 4. The van der Waals surface area contributed by atoms with Crippen LogP contribution in [0, 0.1) is 0 Å². The van der Waals surface area contributed by atoms with Crippen molar-refractivity contribution in [3.05, 3.63) is 35.9 Å². The lowest BCUT2D eigenvalue weighted by molar-refractivity contribution is -0.170. The number of ether oxygens (including phenoxy) is 2. The Kier molecular flexibility index (Phi) is 5.81. The van der Waals surface area contributed by atoms with Crippen LogP contribution in [0.3, 0.4) is 0 Å². The molecule has 98 valence electrons. The molecule has 0 radical (unpaired) electrons. The third-order valence-electron chi connectivity index (χ3n) is 2.05. The summed E-state index contributed by atoms with van der Waals surface area (Å²) in [5, 5.41) is -0.00735. The molecule has 0 aliphatic heterocycles. The minimum Gasteiger partial charge on any atom is -0.462 e. The number of rotatable bonds is 5. The maximum atomic E-state index is 12.0. The van der Waals surface area contributed by atoms with Gasteiger partial charge in [-0.05, 0) is 22.9 Å². The Balaban J connectivity index is 3.08. The normalized spacial score (nSPS) is 13.5. The SMILES string of the molecule is CCOC(=O)C(Br)(OC(=O)CBr)c1ccccc1. The molecule has 1 rings (SSSR count). The second-order valence-electron chi connectivity index (χ2n) is 3.29. The Labute approximate surface area is 122 Å². The predicted octanol–water partition coefficient (Wildman–Crippen LogP) is 2.74. The van der Waals surface area contributed by atoms with Gasteiger partial charge in [-0.25, -0.2) is 4.79 Å². The van der Waals surface area contributed by atoms with Gasteiger partial charge in [0.15, 0.2) is 0 Å². The van der Waals surface area contributed by atoms with Gasteiger partial charge in [0.1, 0.15) is 5.33 Å². The zero-order valence-electron chi connectivity index (χ0n) is 9.69. The maximum absolute atomic E-state index is 12.0. The van der Waals surface area contributed by atoms with Crippen molar-refractivity contribution < 1.29 is 19.1 Å². The van der Waals surface area contributed by atoms with Crippen LogP contribution in [0.25, 0.3) is 0 Å². The van der Waals surface area contributed by atoms with E-state index in [1.807, 2.05) is 0 Å². The van der Waals surface area contributed by atoms with Gasteiger partial charge in [-0.3, -0.25) is 4.79 Å². The maximum Gasteiger partial charge on any atom is 0.367 e. The summed E-state index contributed by atoms with van der Waals surface area (Å²) in [5.41, 5.74) is 0.498. The van der Waals surface area contributed by atoms with Crippen LogP contribution < -0.4 is 0 Å². The molecule has 1 aromatic carbocycles. The lowest BCUT2D eigenvalue weighted by atomic mass is 10.1. The van der Waals surface area contributed by atoms with E-state index in [-0.39, 0.29) is 11.9 Å². The highest BCUT2D eigenvalue weighted by atomic mass is 79.9. The molecule has 6 heteroatoms. The second kappa shape index (κ2) is 6.89. The highest BCUT2D eigenvalue weighted by molar-refractivity contribution is 9.10. The van der Waals surface area contributed by atoms with Crippen molar-refractivity contribution in [3.8, 4) is 0 Å². The van der Waals surface area contributed by atoms with E-state index in [0.29, 0.717) is 5.56 Å². The van der Waals surface area contributed by atoms with Crippen molar-refractivity contribution in [2.24, 2.45) is 0 Å². The molecule has 0 aliphatic rings. The van der Waals surface area contributed by atoms with Crippen LogP contribution in [0.5, 0.6) is 0 Å². The molecule has 18 heavy (non-hydrogen) atoms. The van der Waals surface area contributed by atoms with E-state index in [0.717, 1.165) is 0 Å². The molecule has 4 nitrogen and oxygen atoms in total. The van der Waals surface area contributed by atoms with Gasteiger partial charge in [-0.1, -0.05) is 46.3 Å². The zero-order chi connectivity index (χ0) is 13.6. The zero-order valence-corrected chi connectivity index (χ0v) is 12.9. The molecular weight excluding hydrogens is 368 g/mol. The van der Waals surface area contributed by atoms with Gasteiger partial charge in [0.25, 0.3) is 4.51 Å². The summed E-state index contributed by atoms with van der Waals surface area (Å²) in [6, 6.07) is 8.63. The molecule has 1 aromatic rings. The molecule has 0 saturated carbocycles. The van der Waals surface area contributed by atoms with Gasteiger partial charge in [0.05, 0.1) is 6.61 Å². The molecule has 0 amide bonds. The largest absolute Gasteiger partial charge is 0.462 e. The molecule has 0 heterocycles. The smallest absolute Gasteiger partial charge is 0.367 e. The fourth-order valence-electron chi connectivity index (χ4n) is 1.28. The average molecular weight is 380 g/mol. The number of carbonyl (C=O) groups excluding carboxylic acids is 2. The Morgan fingerprint density at radius 3 is 2.39 bits per heavy atom. The van der Waals surface area contributed by atoms with Gasteiger partial charge in [-0.15, -0.1) is 0 Å². The van der Waals surface area contributed by atoms with E-state index in [1.54, 1.807) is 37.3 Å². The van der Waals surface area contributed by atoms with Crippen LogP contribution in [-0.4, -0.2) is 23.9 Å². The fraction of sp³-hybridized carbons (Fsp3) is 0.333. The topological polar surface area (TPSA) is 52.6 Å². The Morgan fingerprint density at radius 1 is 1.28 bits per heavy atom. The van der Waals surface area contributed by atoms with E-state index in [2.05, 4.69) is 31.9 Å². The van der Waals surface area contributed by atoms with Gasteiger partial charge in [0.2, 0.25) is 0 Å². The van der Waals surface area contributed by atoms with Crippen molar-refractivity contribution in [2.75, 3.05) is 11.9 Å². The standard InChI is InChI=1S/C12H12Br2O4/c1-2-17-11(16)12(14,18-10(15)8-13)9-6-4-3-5-7-9/h3-7H,2,8H2,1H3. The summed E-state index contributed by atoms with van der Waals surface area (Å²) in [4.78, 5) is 23.4. The van der Waals surface area contributed by atoms with Crippen LogP contribution in [0.15, 0.2) is 30.3 Å². The summed E-state index contributed by atoms with van der Waals surface area (Å²) in [7, 11) is 0. The fourth-order valence-corrected chi connectivity index (χ4v) is 1.95. The molecule has 0 aromatic heterocycles. The molecule has 0 N–H and O–H groups in total. The summed E-state index contributed by atoms with van der Waals surface area (Å²) in [6.07, 6.45) is 0. The third kappa shape index (κ3) is 3.55. The van der Waals surface area contributed by atoms with Crippen molar-refractivity contribution in [2.45, 2.75) is 11.4 Å². The third-order valence-corrected chi connectivity index (χ3v) is 3.45. The van der Waals surface area contributed by atoms with Gasteiger partial charge in [0, 0.05) is 5.56 Å². The van der Waals surface area contributed by atoms with Gasteiger partial charge >= 0.3 is 11.9 Å². The van der Waals surface area contributed by atoms with Crippen molar-refractivity contribution in [1.29, 1.82) is 0 Å². The Bertz CT molecular complexity index is 421. The Hall–Kier alpha value is -0.880. The van der Waals surface area contributed by atoms with Crippen molar-refractivity contribution in [3.63, 3.8) is 0 Å². The number of alkyl halides is 2. The number of halogens is 2. The van der Waals surface area contributed by atoms with E-state index < -0.39 is 16.4 Å². The van der Waals surface area contributed by atoms with Crippen LogP contribution in [0.2, 0.25) is 0 Å². The first kappa shape index (κ1) is 15.2. The lowest BCUT2D eigenvalue weighted by Gasteiger charge is -2.25. The van der Waals surface area contributed by atoms with E-state index in [4.69, 9.17) is 9.47 Å². The molecule has 0 fully saturated rings. The van der Waals surface area contributed by atoms with Crippen molar-refractivity contribution >= 4 is 43.8 Å². The first-order valence-electron chi connectivity index (χ1n) is 5.24. The summed E-state index contributed by atoms with van der Waals surface area (Å²) >= 11 is 6.14. The highest BCUT2D eigenvalue weighted by Crippen LogP contribution is 2.34. The van der Waals surface area contributed by atoms with Crippen LogP contribution in [0.1, 0.15) is 12.5 Å². The minimum atomic E-state index is -1.60. The number of hydrogen-bond donors (Lipinski definition) is 0. The first-order chi connectivity index (χ1) is 8.54. The number of esters is 2. The number of carbonyl (C=O) groups is 2. The quantitative estimate of drug-likeness (QED) is 0.583. The highest BCUT2D eigenvalue weighted by Gasteiger charge is 2.43. The van der Waals surface area contributed by atoms with E-state index in [9.17, 15) is 9.59 Å². The molecular formula is C12H12Br2O4. The summed E-state index contributed by atoms with van der Waals surface area (Å²) < 4.78 is 8.47. The van der Waals surface area contributed by atoms with Crippen LogP contribution >= 0.6 is 31.9 Å². The minimum absolute atomic E-state index is 0.00735. The first-order valence-corrected chi connectivity index (χ1v) is 7.15. The molecule has 0 saturated heterocycles. The summed E-state index contributed by atoms with van der Waals surface area (Å²) in [5.74, 6) is -1.23. The summed E-state index contributed by atoms with van der Waals surface area (Å²) in [6.45, 7) is 1.88. The lowest BCUT2D eigenvalue weighted by Crippen LogP contribution is -2.36. The van der Waals surface area contributed by atoms with E-state index >= 15 is 0 Å². The number of benzene rings is 1. The monoisotopic (exact) mass is 378 g/mol. The predicted molar refractivity (Wildman–Crippen MR) is 73.6 cm³/mol. The average Bonchev–Trinajstić information content (AvgIpc) is 2.39. The second-order valence-corrected chi connectivity index (χ2v) is 4.97. The van der Waals surface area contributed by atoms with Crippen LogP contribution in [-0.2, 0) is 23.6 Å². The molecule has 1 atom stereocenters. The Morgan fingerprint density at radius 2 is 1.89 bits per heavy atom. The van der Waals surface area contributed by atoms with Gasteiger partial charge in [-0.2, -0.15) is 0 Å². The molecule has 0 bridgehead atoms. The van der Waals surface area contributed by atoms with Gasteiger partial charge < -0.3 is 9.47 Å².